The first-order valence-corrected chi connectivity index (χ1v) is 11.2. The van der Waals surface area contributed by atoms with Gasteiger partial charge in [-0.25, -0.2) is 28.2 Å². The predicted molar refractivity (Wildman–Crippen MR) is 109 cm³/mol. The van der Waals surface area contributed by atoms with Gasteiger partial charge in [-0.2, -0.15) is 0 Å². The number of rotatable bonds is 4. The third-order valence-corrected chi connectivity index (χ3v) is 4.87. The molecule has 31 heavy (non-hydrogen) atoms. The van der Waals surface area contributed by atoms with E-state index in [1.807, 2.05) is 6.07 Å². The van der Waals surface area contributed by atoms with E-state index >= 15 is 0 Å². The van der Waals surface area contributed by atoms with Crippen LogP contribution >= 0.6 is 0 Å². The van der Waals surface area contributed by atoms with Gasteiger partial charge in [-0.15, -0.1) is 10.2 Å². The molecule has 0 saturated carbocycles. The topological polar surface area (TPSA) is 133 Å². The van der Waals surface area contributed by atoms with Gasteiger partial charge < -0.3 is 9.73 Å². The summed E-state index contributed by atoms with van der Waals surface area (Å²) >= 11 is 0. The summed E-state index contributed by atoms with van der Waals surface area (Å²) in [5.74, 6) is 0.819. The fourth-order valence-electron chi connectivity index (χ4n) is 3.57. The van der Waals surface area contributed by atoms with Crippen molar-refractivity contribution in [3.05, 3.63) is 53.9 Å². The molecule has 1 aliphatic heterocycles. The van der Waals surface area contributed by atoms with Gasteiger partial charge in [-0.05, 0) is 26.8 Å². The normalized spacial score (nSPS) is 11.5. The van der Waals surface area contributed by atoms with E-state index in [0.717, 1.165) is 53.3 Å². The van der Waals surface area contributed by atoms with Gasteiger partial charge >= 0.3 is 0 Å². The summed E-state index contributed by atoms with van der Waals surface area (Å²) in [4.78, 5) is 4.92. The Bertz CT molecular complexity index is 1220. The molecule has 2 aliphatic rings. The van der Waals surface area contributed by atoms with Crippen molar-refractivity contribution in [2.45, 2.75) is 20.8 Å². The summed E-state index contributed by atoms with van der Waals surface area (Å²) in [6, 6.07) is 16.7. The molecule has 164 valence electrons. The minimum Gasteiger partial charge on any atom is -0.452 e. The summed E-state index contributed by atoms with van der Waals surface area (Å²) in [6.45, 7) is 9.24. The fourth-order valence-corrected chi connectivity index (χ4v) is 3.57. The number of halogens is 1. The lowest BCUT2D eigenvalue weighted by Gasteiger charge is -2.17. The fraction of sp³-hybridized carbons (Fsp3) is 0.273. The maximum Gasteiger partial charge on any atom is 0.203 e. The molecule has 8 nitrogen and oxygen atoms in total. The van der Waals surface area contributed by atoms with E-state index in [1.165, 1.54) is 10.7 Å². The Balaban J connectivity index is 0.000000491. The van der Waals surface area contributed by atoms with Crippen LogP contribution in [-0.2, 0) is 0 Å². The lowest BCUT2D eigenvalue weighted by atomic mass is 10.1. The number of fused-ring (bicyclic) bond motifs is 4. The molecule has 0 fully saturated rings. The van der Waals surface area contributed by atoms with E-state index in [1.54, 1.807) is 0 Å². The Morgan fingerprint density at radius 2 is 1.58 bits per heavy atom. The van der Waals surface area contributed by atoms with Gasteiger partial charge in [0.2, 0.25) is 5.36 Å². The average Bonchev–Trinajstić information content (AvgIpc) is 2.72. The predicted octanol–water partition coefficient (Wildman–Crippen LogP) is -0.426. The van der Waals surface area contributed by atoms with Gasteiger partial charge in [0.1, 0.15) is 24.3 Å². The molecule has 0 radical (unpaired) electrons. The summed E-state index contributed by atoms with van der Waals surface area (Å²) in [5, 5.41) is 6.89. The first-order chi connectivity index (χ1) is 14.7. The quantitative estimate of drug-likeness (QED) is 0.256. The molecule has 0 bridgehead atoms. The molecule has 2 aromatic rings. The Morgan fingerprint density at radius 3 is 2.19 bits per heavy atom. The number of hydrogen-bond acceptors (Lipinski definition) is 7. The van der Waals surface area contributed by atoms with E-state index in [0.29, 0.717) is 0 Å². The molecule has 0 saturated heterocycles. The molecule has 1 heterocycles. The lowest BCUT2D eigenvalue weighted by molar-refractivity contribution is -2.00. The largest absolute Gasteiger partial charge is 0.452 e. The maximum absolute atomic E-state index is 8.49. The summed E-state index contributed by atoms with van der Waals surface area (Å²) in [5.41, 5.74) is 3.68. The van der Waals surface area contributed by atoms with Gasteiger partial charge in [0, 0.05) is 35.1 Å². The second kappa shape index (κ2) is 9.59. The van der Waals surface area contributed by atoms with Crippen LogP contribution in [0.2, 0.25) is 0 Å². The highest BCUT2D eigenvalue weighted by atomic mass is 35.7. The van der Waals surface area contributed by atoms with Crippen LogP contribution in [0, 0.1) is 10.2 Å². The Kier molecular flexibility index (Phi) is 7.09. The molecule has 0 spiro atoms. The highest BCUT2D eigenvalue weighted by Gasteiger charge is 2.15. The number of nitrogens with zero attached hydrogens (tertiary/aromatic N) is 2. The van der Waals surface area contributed by atoms with Crippen molar-refractivity contribution in [2.75, 3.05) is 25.0 Å². The van der Waals surface area contributed by atoms with Crippen molar-refractivity contribution < 1.29 is 33.3 Å². The maximum atomic E-state index is 8.49. The van der Waals surface area contributed by atoms with Crippen LogP contribution in [0.1, 0.15) is 20.8 Å². The second-order valence-electron chi connectivity index (χ2n) is 6.76. The van der Waals surface area contributed by atoms with Crippen LogP contribution in [0.25, 0.3) is 33.3 Å². The first-order valence-electron chi connectivity index (χ1n) is 9.95. The summed E-state index contributed by atoms with van der Waals surface area (Å²) in [7, 11) is -4.94. The molecular formula is C22H24ClN3O5. The van der Waals surface area contributed by atoms with E-state index in [9.17, 15) is 0 Å². The van der Waals surface area contributed by atoms with Gasteiger partial charge in [-0.1, -0.05) is 24.3 Å². The molecule has 4 rings (SSSR count). The van der Waals surface area contributed by atoms with Gasteiger partial charge in [-0.3, -0.25) is 0 Å². The van der Waals surface area contributed by atoms with Crippen molar-refractivity contribution >= 4 is 27.6 Å². The van der Waals surface area contributed by atoms with Crippen LogP contribution in [0.3, 0.4) is 0 Å². The van der Waals surface area contributed by atoms with Crippen LogP contribution in [0.15, 0.2) is 52.9 Å². The van der Waals surface area contributed by atoms with Crippen molar-refractivity contribution in [1.29, 1.82) is 0 Å². The van der Waals surface area contributed by atoms with Crippen LogP contribution in [0.4, 0.5) is 5.69 Å². The number of benzene rings is 3. The third-order valence-electron chi connectivity index (χ3n) is 4.87. The molecular weight excluding hydrogens is 422 g/mol. The highest BCUT2D eigenvalue weighted by molar-refractivity contribution is 6.10. The zero-order valence-electron chi connectivity index (χ0n) is 17.6. The molecule has 9 heteroatoms. The van der Waals surface area contributed by atoms with Crippen molar-refractivity contribution in [3.8, 4) is 11.5 Å². The van der Waals surface area contributed by atoms with Gasteiger partial charge in [0.05, 0.1) is 6.07 Å². The molecule has 1 N–H and O–H groups in total. The van der Waals surface area contributed by atoms with Crippen molar-refractivity contribution in [1.82, 2.24) is 9.56 Å². The molecule has 0 atom stereocenters. The number of nitrogens with one attached hydrogen (secondary N) is 1. The van der Waals surface area contributed by atoms with Gasteiger partial charge in [0.25, 0.3) is 0 Å². The lowest BCUT2D eigenvalue weighted by Crippen LogP contribution is -2.68. The zero-order chi connectivity index (χ0) is 22.6. The molecule has 0 amide bonds. The van der Waals surface area contributed by atoms with Crippen molar-refractivity contribution in [3.63, 3.8) is 0 Å². The number of anilines is 1. The van der Waals surface area contributed by atoms with Crippen molar-refractivity contribution in [2.24, 2.45) is 0 Å². The standard InChI is InChI=1S/C22H23N3O.ClHO4/c1-4-23-19-14-21-22(17-10-8-7-9-16(17)19)24-18-12-11-15(13-20(18)26-21)25(5-2)6-3;2-1(3,4)5/h7-14H,4-6H2,1-3H3;(H,2,3,4,5). The van der Waals surface area contributed by atoms with E-state index in [2.05, 4.69) is 73.1 Å². The minimum atomic E-state index is -4.94. The molecule has 1 aliphatic carbocycles. The molecule has 0 aromatic heterocycles. The Morgan fingerprint density at radius 1 is 0.935 bits per heavy atom. The summed E-state index contributed by atoms with van der Waals surface area (Å²) in [6.07, 6.45) is 0. The first kappa shape index (κ1) is 22.9. The number of hydrogen-bond donors (Lipinski definition) is 1. The smallest absolute Gasteiger partial charge is 0.203 e. The third kappa shape index (κ3) is 5.49. The highest BCUT2D eigenvalue weighted by Crippen LogP contribution is 2.33. The van der Waals surface area contributed by atoms with Gasteiger partial charge in [0.15, 0.2) is 11.3 Å². The summed E-state index contributed by atoms with van der Waals surface area (Å²) < 4.78 is 42.6. The van der Waals surface area contributed by atoms with E-state index in [4.69, 9.17) is 28.0 Å². The SMILES string of the molecule is CCNc1cc2oc3cc(=[N+](CC)CC)ccc-3nc2c2ccccc12.[O-][Cl+3]([O-])([O-])[O-]. The zero-order valence-corrected chi connectivity index (χ0v) is 18.3. The van der Waals surface area contributed by atoms with Crippen LogP contribution in [-0.4, -0.2) is 24.6 Å². The van der Waals surface area contributed by atoms with Crippen LogP contribution in [0.5, 0.6) is 0 Å². The molecule has 2 aromatic carbocycles. The van der Waals surface area contributed by atoms with E-state index < -0.39 is 10.2 Å². The Hall–Kier alpha value is -2.75. The monoisotopic (exact) mass is 445 g/mol. The number of aromatic nitrogens is 1. The second-order valence-corrected chi connectivity index (χ2v) is 7.52. The minimum absolute atomic E-state index is 0.809. The van der Waals surface area contributed by atoms with E-state index in [-0.39, 0.29) is 0 Å². The Labute approximate surface area is 181 Å². The molecule has 0 unspecified atom stereocenters. The average molecular weight is 446 g/mol. The van der Waals surface area contributed by atoms with Crippen LogP contribution < -0.4 is 33.9 Å².